The molecule has 3 N–H and O–H groups in total. The van der Waals surface area contributed by atoms with Crippen molar-refractivity contribution in [1.82, 2.24) is 10.2 Å². The van der Waals surface area contributed by atoms with Crippen molar-refractivity contribution in [1.29, 1.82) is 0 Å². The van der Waals surface area contributed by atoms with Crippen molar-refractivity contribution < 1.29 is 9.18 Å². The fraction of sp³-hybridized carbons (Fsp3) is 0.444. The Morgan fingerprint density at radius 2 is 1.76 bits per heavy atom. The number of primary amides is 1. The molecule has 1 amide bonds. The maximum atomic E-state index is 13.6. The number of aryl methyl sites for hydroxylation is 2. The predicted octanol–water partition coefficient (Wildman–Crippen LogP) is 2.62. The zero-order chi connectivity index (χ0) is 18.6. The monoisotopic (exact) mass is 347 g/mol. The minimum absolute atomic E-state index is 0.0635. The van der Waals surface area contributed by atoms with Gasteiger partial charge in [-0.15, -0.1) is 0 Å². The van der Waals surface area contributed by atoms with Gasteiger partial charge in [-0.25, -0.2) is 4.39 Å². The van der Waals surface area contributed by atoms with E-state index in [1.165, 1.54) is 12.1 Å². The van der Waals surface area contributed by atoms with E-state index in [2.05, 4.69) is 20.0 Å². The second kappa shape index (κ2) is 8.00. The van der Waals surface area contributed by atoms with Gasteiger partial charge in [0.15, 0.2) is 0 Å². The second-order valence-electron chi connectivity index (χ2n) is 5.79. The molecule has 1 fully saturated rings. The third-order valence-electron chi connectivity index (χ3n) is 4.27. The number of aromatic nitrogens is 2. The van der Waals surface area contributed by atoms with E-state index in [1.54, 1.807) is 6.07 Å². The SMILES string of the molecule is CC.Cc1n[nH]c(C)c1N1CCN(c2ccc(F)c(C(N)=O)c2)CC1. The Hall–Kier alpha value is -2.57. The summed E-state index contributed by atoms with van der Waals surface area (Å²) in [5.41, 5.74) is 9.18. The van der Waals surface area contributed by atoms with Crippen LogP contribution in [0.25, 0.3) is 0 Å². The number of halogens is 1. The Bertz CT molecular complexity index is 716. The van der Waals surface area contributed by atoms with Gasteiger partial charge < -0.3 is 15.5 Å². The number of benzene rings is 1. The first kappa shape index (κ1) is 18.8. The first-order valence-electron chi connectivity index (χ1n) is 8.58. The third kappa shape index (κ3) is 3.92. The molecule has 25 heavy (non-hydrogen) atoms. The summed E-state index contributed by atoms with van der Waals surface area (Å²) in [6, 6.07) is 4.51. The number of rotatable bonds is 3. The molecule has 1 aromatic heterocycles. The van der Waals surface area contributed by atoms with E-state index in [9.17, 15) is 9.18 Å². The minimum Gasteiger partial charge on any atom is -0.368 e. The number of carbonyl (C=O) groups is 1. The number of hydrogen-bond acceptors (Lipinski definition) is 4. The molecule has 0 aliphatic carbocycles. The fourth-order valence-electron chi connectivity index (χ4n) is 3.10. The Labute approximate surface area is 147 Å². The molecule has 3 rings (SSSR count). The molecule has 1 saturated heterocycles. The van der Waals surface area contributed by atoms with E-state index in [1.807, 2.05) is 27.7 Å². The van der Waals surface area contributed by atoms with E-state index >= 15 is 0 Å². The van der Waals surface area contributed by atoms with Crippen LogP contribution in [0.4, 0.5) is 15.8 Å². The number of hydrogen-bond donors (Lipinski definition) is 2. The maximum absolute atomic E-state index is 13.6. The molecule has 0 spiro atoms. The minimum atomic E-state index is -0.743. The van der Waals surface area contributed by atoms with E-state index in [-0.39, 0.29) is 5.56 Å². The number of carbonyl (C=O) groups excluding carboxylic acids is 1. The van der Waals surface area contributed by atoms with Gasteiger partial charge in [0.05, 0.1) is 22.6 Å². The summed E-state index contributed by atoms with van der Waals surface area (Å²) in [7, 11) is 0. The highest BCUT2D eigenvalue weighted by molar-refractivity contribution is 5.94. The highest BCUT2D eigenvalue weighted by atomic mass is 19.1. The van der Waals surface area contributed by atoms with Crippen LogP contribution in [0.5, 0.6) is 0 Å². The zero-order valence-electron chi connectivity index (χ0n) is 15.3. The van der Waals surface area contributed by atoms with Gasteiger partial charge in [0.25, 0.3) is 5.91 Å². The number of amides is 1. The van der Waals surface area contributed by atoms with Crippen molar-refractivity contribution in [3.05, 3.63) is 41.0 Å². The maximum Gasteiger partial charge on any atom is 0.251 e. The molecule has 1 aromatic carbocycles. The van der Waals surface area contributed by atoms with Crippen LogP contribution in [0, 0.1) is 19.7 Å². The second-order valence-corrected chi connectivity index (χ2v) is 5.79. The number of nitrogens with zero attached hydrogens (tertiary/aromatic N) is 3. The first-order chi connectivity index (χ1) is 12.0. The summed E-state index contributed by atoms with van der Waals surface area (Å²) in [6.07, 6.45) is 0. The van der Waals surface area contributed by atoms with E-state index in [4.69, 9.17) is 5.73 Å². The molecule has 6 nitrogen and oxygen atoms in total. The van der Waals surface area contributed by atoms with Crippen LogP contribution >= 0.6 is 0 Å². The number of nitrogens with one attached hydrogen (secondary N) is 1. The van der Waals surface area contributed by atoms with Crippen molar-refractivity contribution in [2.24, 2.45) is 5.73 Å². The van der Waals surface area contributed by atoms with Gasteiger partial charge in [-0.2, -0.15) is 5.10 Å². The van der Waals surface area contributed by atoms with Crippen LogP contribution in [0.15, 0.2) is 18.2 Å². The smallest absolute Gasteiger partial charge is 0.251 e. The van der Waals surface area contributed by atoms with Crippen molar-refractivity contribution in [3.63, 3.8) is 0 Å². The van der Waals surface area contributed by atoms with Gasteiger partial charge in [-0.3, -0.25) is 9.89 Å². The zero-order valence-corrected chi connectivity index (χ0v) is 15.3. The normalized spacial score (nSPS) is 14.1. The number of piperazine rings is 1. The Balaban J connectivity index is 0.00000109. The van der Waals surface area contributed by atoms with Crippen LogP contribution in [0.2, 0.25) is 0 Å². The first-order valence-corrected chi connectivity index (χ1v) is 8.58. The molecule has 2 heterocycles. The number of H-pyrrole nitrogens is 1. The van der Waals surface area contributed by atoms with Gasteiger partial charge >= 0.3 is 0 Å². The molecule has 0 bridgehead atoms. The summed E-state index contributed by atoms with van der Waals surface area (Å²) in [4.78, 5) is 15.7. The molecule has 0 unspecified atom stereocenters. The van der Waals surface area contributed by atoms with Crippen LogP contribution < -0.4 is 15.5 Å². The topological polar surface area (TPSA) is 78.2 Å². The lowest BCUT2D eigenvalue weighted by Gasteiger charge is -2.37. The predicted molar refractivity (Wildman–Crippen MR) is 98.8 cm³/mol. The molecule has 1 aliphatic heterocycles. The molecular formula is C18H26FN5O. The highest BCUT2D eigenvalue weighted by Gasteiger charge is 2.22. The molecular weight excluding hydrogens is 321 g/mol. The summed E-state index contributed by atoms with van der Waals surface area (Å²) in [5.74, 6) is -1.32. The van der Waals surface area contributed by atoms with Crippen molar-refractivity contribution >= 4 is 17.3 Å². The molecule has 0 radical (unpaired) electrons. The van der Waals surface area contributed by atoms with Gasteiger partial charge in [-0.05, 0) is 32.0 Å². The van der Waals surface area contributed by atoms with Crippen molar-refractivity contribution in [2.45, 2.75) is 27.7 Å². The molecule has 0 saturated carbocycles. The summed E-state index contributed by atoms with van der Waals surface area (Å²) in [6.45, 7) is 11.3. The average Bonchev–Trinajstić information content (AvgIpc) is 2.96. The van der Waals surface area contributed by atoms with Gasteiger partial charge in [0, 0.05) is 31.9 Å². The summed E-state index contributed by atoms with van der Waals surface area (Å²) < 4.78 is 13.6. The molecule has 0 atom stereocenters. The Morgan fingerprint density at radius 1 is 1.16 bits per heavy atom. The van der Waals surface area contributed by atoms with Gasteiger partial charge in [0.1, 0.15) is 5.82 Å². The van der Waals surface area contributed by atoms with Crippen molar-refractivity contribution in [3.8, 4) is 0 Å². The fourth-order valence-corrected chi connectivity index (χ4v) is 3.10. The lowest BCUT2D eigenvalue weighted by Crippen LogP contribution is -2.47. The van der Waals surface area contributed by atoms with Gasteiger partial charge in [0.2, 0.25) is 0 Å². The molecule has 7 heteroatoms. The van der Waals surface area contributed by atoms with E-state index in [0.717, 1.165) is 48.9 Å². The van der Waals surface area contributed by atoms with E-state index in [0.29, 0.717) is 0 Å². The average molecular weight is 347 g/mol. The van der Waals surface area contributed by atoms with Crippen LogP contribution in [0.1, 0.15) is 35.6 Å². The Kier molecular flexibility index (Phi) is 6.01. The van der Waals surface area contributed by atoms with Crippen LogP contribution in [0.3, 0.4) is 0 Å². The summed E-state index contributed by atoms with van der Waals surface area (Å²) >= 11 is 0. The number of nitrogens with two attached hydrogens (primary N) is 1. The van der Waals surface area contributed by atoms with Gasteiger partial charge in [-0.1, -0.05) is 13.8 Å². The third-order valence-corrected chi connectivity index (χ3v) is 4.27. The van der Waals surface area contributed by atoms with E-state index < -0.39 is 11.7 Å². The standard InChI is InChI=1S/C16H20FN5O.C2H6/c1-10-15(11(2)20-19-10)22-7-5-21(6-8-22)12-3-4-14(17)13(9-12)16(18)23;1-2/h3-4,9H,5-8H2,1-2H3,(H2,18,23)(H,19,20);1-2H3. The quantitative estimate of drug-likeness (QED) is 0.895. The van der Waals surface area contributed by atoms with Crippen LogP contribution in [-0.4, -0.2) is 42.3 Å². The Morgan fingerprint density at radius 3 is 2.28 bits per heavy atom. The molecule has 136 valence electrons. The number of anilines is 2. The number of aromatic amines is 1. The summed E-state index contributed by atoms with van der Waals surface area (Å²) in [5, 5.41) is 7.24. The largest absolute Gasteiger partial charge is 0.368 e. The highest BCUT2D eigenvalue weighted by Crippen LogP contribution is 2.26. The lowest BCUT2D eigenvalue weighted by molar-refractivity contribution is 0.0996. The lowest BCUT2D eigenvalue weighted by atomic mass is 10.1. The molecule has 1 aliphatic rings. The molecule has 2 aromatic rings. The van der Waals surface area contributed by atoms with Crippen LogP contribution in [-0.2, 0) is 0 Å². The van der Waals surface area contributed by atoms with Crippen molar-refractivity contribution in [2.75, 3.05) is 36.0 Å².